The zero-order valence-corrected chi connectivity index (χ0v) is 17.0. The average Bonchev–Trinajstić information content (AvgIpc) is 3.08. The molecule has 0 unspecified atom stereocenters. The summed E-state index contributed by atoms with van der Waals surface area (Å²) in [6.45, 7) is 0.986. The van der Waals surface area contributed by atoms with Gasteiger partial charge in [0.05, 0.1) is 18.8 Å². The van der Waals surface area contributed by atoms with Crippen LogP contribution in [0.25, 0.3) is 0 Å². The number of rotatable bonds is 5. The van der Waals surface area contributed by atoms with Crippen LogP contribution in [-0.4, -0.2) is 23.6 Å². The van der Waals surface area contributed by atoms with Gasteiger partial charge in [-0.25, -0.2) is 4.39 Å². The number of hydrogen-bond acceptors (Lipinski definition) is 6. The molecule has 0 spiro atoms. The van der Waals surface area contributed by atoms with Crippen LogP contribution in [0.3, 0.4) is 0 Å². The van der Waals surface area contributed by atoms with Crippen LogP contribution in [-0.2, 0) is 29.2 Å². The van der Waals surface area contributed by atoms with Crippen molar-refractivity contribution in [3.05, 3.63) is 88.7 Å². The Morgan fingerprint density at radius 2 is 1.97 bits per heavy atom. The fourth-order valence-electron chi connectivity index (χ4n) is 4.02. The summed E-state index contributed by atoms with van der Waals surface area (Å²) in [5.74, 6) is -0.383. The van der Waals surface area contributed by atoms with Crippen LogP contribution in [0.15, 0.2) is 65.8 Å². The first-order chi connectivity index (χ1) is 15.6. The van der Waals surface area contributed by atoms with Crippen LogP contribution in [0.1, 0.15) is 22.3 Å². The Morgan fingerprint density at radius 1 is 1.12 bits per heavy atom. The van der Waals surface area contributed by atoms with Crippen LogP contribution in [0, 0.1) is 5.82 Å². The van der Waals surface area contributed by atoms with E-state index in [1.807, 2.05) is 36.4 Å². The molecule has 0 radical (unpaired) electrons. The Kier molecular flexibility index (Phi) is 5.20. The molecule has 0 atom stereocenters. The summed E-state index contributed by atoms with van der Waals surface area (Å²) in [6, 6.07) is 18.0. The van der Waals surface area contributed by atoms with E-state index in [9.17, 15) is 14.4 Å². The number of amides is 1. The van der Waals surface area contributed by atoms with Crippen molar-refractivity contribution >= 4 is 23.0 Å². The number of hydrogen-bond donors (Lipinski definition) is 2. The summed E-state index contributed by atoms with van der Waals surface area (Å²) in [5, 5.41) is 16.1. The van der Waals surface area contributed by atoms with Gasteiger partial charge in [-0.3, -0.25) is 4.79 Å². The molecular weight excluding hydrogens is 413 g/mol. The molecular formula is C24H20FN3O4. The molecule has 2 N–H and O–H groups in total. The molecule has 0 bridgehead atoms. The zero-order valence-electron chi connectivity index (χ0n) is 17.0. The minimum atomic E-state index is -0.465. The second kappa shape index (κ2) is 8.32. The first-order valence-electron chi connectivity index (χ1n) is 10.1. The Balaban J connectivity index is 1.44. The summed E-state index contributed by atoms with van der Waals surface area (Å²) in [4.78, 5) is 14.5. The van der Waals surface area contributed by atoms with E-state index in [4.69, 9.17) is 9.47 Å². The molecule has 7 nitrogen and oxygen atoms in total. The molecule has 8 heteroatoms. The van der Waals surface area contributed by atoms with E-state index in [0.717, 1.165) is 11.3 Å². The molecule has 0 aliphatic carbocycles. The summed E-state index contributed by atoms with van der Waals surface area (Å²) < 4.78 is 25.0. The van der Waals surface area contributed by atoms with Gasteiger partial charge in [-0.15, -0.1) is 0 Å². The third-order valence-electron chi connectivity index (χ3n) is 5.51. The highest BCUT2D eigenvalue weighted by atomic mass is 19.1. The number of benzene rings is 3. The van der Waals surface area contributed by atoms with Crippen molar-refractivity contribution in [1.29, 1.82) is 0 Å². The Hall–Kier alpha value is -3.91. The smallest absolute Gasteiger partial charge is 0.281 e. The minimum Gasteiger partial charge on any atom is -0.467 e. The Morgan fingerprint density at radius 3 is 2.78 bits per heavy atom. The normalized spacial score (nSPS) is 16.0. The maximum Gasteiger partial charge on any atom is 0.281 e. The molecule has 2 aliphatic heterocycles. The monoisotopic (exact) mass is 433 g/mol. The number of fused-ring (bicyclic) bond motifs is 2. The quantitative estimate of drug-likeness (QED) is 0.469. The van der Waals surface area contributed by atoms with E-state index in [-0.39, 0.29) is 25.7 Å². The fraction of sp³-hybridized carbons (Fsp3) is 0.167. The number of nitrogens with one attached hydrogen (secondary N) is 1. The molecule has 162 valence electrons. The Bertz CT molecular complexity index is 1210. The van der Waals surface area contributed by atoms with E-state index in [2.05, 4.69) is 10.5 Å². The molecule has 3 aromatic carbocycles. The van der Waals surface area contributed by atoms with Crippen molar-refractivity contribution in [2.45, 2.75) is 19.7 Å². The lowest BCUT2D eigenvalue weighted by Gasteiger charge is -2.24. The van der Waals surface area contributed by atoms with Crippen LogP contribution in [0.5, 0.6) is 5.75 Å². The number of nitrogens with zero attached hydrogens (tertiary/aromatic N) is 2. The summed E-state index contributed by atoms with van der Waals surface area (Å²) in [6.07, 6.45) is 0. The summed E-state index contributed by atoms with van der Waals surface area (Å²) >= 11 is 0. The molecule has 32 heavy (non-hydrogen) atoms. The number of carbonyl (C=O) groups is 1. The first-order valence-corrected chi connectivity index (χ1v) is 10.1. The fourth-order valence-corrected chi connectivity index (χ4v) is 4.02. The van der Waals surface area contributed by atoms with Crippen LogP contribution in [0.2, 0.25) is 0 Å². The molecule has 5 rings (SSSR count). The number of anilines is 2. The molecule has 2 aliphatic rings. The van der Waals surface area contributed by atoms with Gasteiger partial charge in [0, 0.05) is 28.9 Å². The second-order valence-electron chi connectivity index (χ2n) is 7.57. The highest BCUT2D eigenvalue weighted by Crippen LogP contribution is 2.36. The van der Waals surface area contributed by atoms with Gasteiger partial charge in [-0.2, -0.15) is 0 Å². The SMILES string of the molecule is O=C1/C(=N\O)c2cc(NCc3ccccc3)ccc2N1Cc1cc(F)cc2c1OCOC2. The maximum absolute atomic E-state index is 14.2. The Labute approximate surface area is 183 Å². The van der Waals surface area contributed by atoms with E-state index < -0.39 is 11.7 Å². The van der Waals surface area contributed by atoms with Crippen molar-refractivity contribution in [2.75, 3.05) is 17.0 Å². The third kappa shape index (κ3) is 3.65. The van der Waals surface area contributed by atoms with Crippen molar-refractivity contribution in [1.82, 2.24) is 0 Å². The van der Waals surface area contributed by atoms with Crippen LogP contribution in [0.4, 0.5) is 15.8 Å². The van der Waals surface area contributed by atoms with E-state index in [0.29, 0.717) is 34.7 Å². The predicted molar refractivity (Wildman–Crippen MR) is 116 cm³/mol. The molecule has 2 heterocycles. The van der Waals surface area contributed by atoms with Gasteiger partial charge in [0.15, 0.2) is 12.5 Å². The average molecular weight is 433 g/mol. The van der Waals surface area contributed by atoms with E-state index in [1.165, 1.54) is 17.0 Å². The molecule has 0 saturated heterocycles. The third-order valence-corrected chi connectivity index (χ3v) is 5.51. The van der Waals surface area contributed by atoms with Crippen LogP contribution < -0.4 is 15.0 Å². The maximum atomic E-state index is 14.2. The zero-order chi connectivity index (χ0) is 22.1. The van der Waals surface area contributed by atoms with Gasteiger partial charge in [0.25, 0.3) is 5.91 Å². The van der Waals surface area contributed by atoms with Gasteiger partial charge in [0.1, 0.15) is 11.6 Å². The van der Waals surface area contributed by atoms with Crippen molar-refractivity contribution in [2.24, 2.45) is 5.16 Å². The number of ether oxygens (including phenoxy) is 2. The molecule has 0 fully saturated rings. The molecule has 3 aromatic rings. The largest absolute Gasteiger partial charge is 0.467 e. The summed E-state index contributed by atoms with van der Waals surface area (Å²) in [5.41, 5.74) is 4.04. The van der Waals surface area contributed by atoms with E-state index >= 15 is 0 Å². The number of oxime groups is 1. The van der Waals surface area contributed by atoms with Gasteiger partial charge in [-0.05, 0) is 35.9 Å². The highest BCUT2D eigenvalue weighted by molar-refractivity contribution is 6.54. The first kappa shape index (κ1) is 20.0. The predicted octanol–water partition coefficient (Wildman–Crippen LogP) is 4.03. The molecule has 0 saturated carbocycles. The topological polar surface area (TPSA) is 83.4 Å². The van der Waals surface area contributed by atoms with Crippen molar-refractivity contribution in [3.63, 3.8) is 0 Å². The van der Waals surface area contributed by atoms with Gasteiger partial charge in [-0.1, -0.05) is 35.5 Å². The van der Waals surface area contributed by atoms with E-state index in [1.54, 1.807) is 12.1 Å². The molecule has 1 amide bonds. The summed E-state index contributed by atoms with van der Waals surface area (Å²) in [7, 11) is 0. The van der Waals surface area contributed by atoms with Crippen molar-refractivity contribution < 1.29 is 23.9 Å². The minimum absolute atomic E-state index is 0.0575. The number of carbonyl (C=O) groups excluding carboxylic acids is 1. The molecule has 0 aromatic heterocycles. The van der Waals surface area contributed by atoms with Crippen LogP contribution >= 0.6 is 0 Å². The van der Waals surface area contributed by atoms with Gasteiger partial charge in [0.2, 0.25) is 0 Å². The van der Waals surface area contributed by atoms with Gasteiger partial charge < -0.3 is 24.9 Å². The highest BCUT2D eigenvalue weighted by Gasteiger charge is 2.35. The standard InChI is InChI=1S/C24H20FN3O4/c25-18-8-16(23-17(9-18)13-31-14-32-23)12-28-21-7-6-19(10-20(21)22(27-30)24(28)29)26-11-15-4-2-1-3-5-15/h1-10,26,30H,11-14H2/b27-22-. The number of halogens is 1. The lowest BCUT2D eigenvalue weighted by molar-refractivity contribution is -0.112. The lowest BCUT2D eigenvalue weighted by Crippen LogP contribution is -2.30. The second-order valence-corrected chi connectivity index (χ2v) is 7.57. The van der Waals surface area contributed by atoms with Gasteiger partial charge >= 0.3 is 0 Å². The lowest BCUT2D eigenvalue weighted by atomic mass is 10.1. The van der Waals surface area contributed by atoms with Crippen molar-refractivity contribution in [3.8, 4) is 5.75 Å².